The molecule has 2 aromatic rings. The molecule has 1 aromatic carbocycles. The van der Waals surface area contributed by atoms with Crippen molar-refractivity contribution in [2.75, 3.05) is 7.11 Å². The largest absolute Gasteiger partial charge is 0.497 e. The lowest BCUT2D eigenvalue weighted by molar-refractivity contribution is 0.0921. The lowest BCUT2D eigenvalue weighted by Crippen LogP contribution is -2.22. The molecule has 1 aromatic heterocycles. The second-order valence-electron chi connectivity index (χ2n) is 4.35. The van der Waals surface area contributed by atoms with Crippen molar-refractivity contribution in [2.45, 2.75) is 18.8 Å². The molecule has 1 heterocycles. The Morgan fingerprint density at radius 2 is 2.00 bits per heavy atom. The molecule has 0 saturated heterocycles. The highest BCUT2D eigenvalue weighted by atomic mass is 35.5. The van der Waals surface area contributed by atoms with Gasteiger partial charge in [-0.1, -0.05) is 12.1 Å². The number of hydrogen-bond acceptors (Lipinski definition) is 3. The summed E-state index contributed by atoms with van der Waals surface area (Å²) in [6.07, 6.45) is 0. The molecule has 0 bridgehead atoms. The van der Waals surface area contributed by atoms with Gasteiger partial charge in [0.15, 0.2) is 5.76 Å². The number of halogens is 1. The molecule has 1 N–H and O–H groups in total. The third kappa shape index (κ3) is 3.54. The number of alkyl halides is 1. The van der Waals surface area contributed by atoms with Gasteiger partial charge in [-0.25, -0.2) is 0 Å². The summed E-state index contributed by atoms with van der Waals surface area (Å²) in [7, 11) is 1.61. The Hall–Kier alpha value is -1.94. The van der Waals surface area contributed by atoms with E-state index in [1.807, 2.05) is 24.3 Å². The predicted molar refractivity (Wildman–Crippen MR) is 77.1 cm³/mol. The molecule has 1 atom stereocenters. The number of carbonyl (C=O) groups excluding carboxylic acids is 1. The predicted octanol–water partition coefficient (Wildman–Crippen LogP) is 3.52. The third-order valence-corrected chi connectivity index (χ3v) is 3.07. The Kier molecular flexibility index (Phi) is 4.69. The maximum absolute atomic E-state index is 11.9. The van der Waals surface area contributed by atoms with Crippen LogP contribution >= 0.6 is 11.6 Å². The molecule has 5 heteroatoms. The second-order valence-corrected chi connectivity index (χ2v) is 5.00. The Bertz CT molecular complexity index is 575. The molecule has 0 fully saturated rings. The van der Waals surface area contributed by atoms with Gasteiger partial charge in [0.25, 0.3) is 5.91 Å². The first-order valence-corrected chi connectivity index (χ1v) is 6.68. The highest BCUT2D eigenvalue weighted by Crippen LogP contribution is 2.21. The van der Waals surface area contributed by atoms with Gasteiger partial charge in [-0.15, -0.1) is 11.6 Å². The van der Waals surface area contributed by atoms with Crippen LogP contribution in [0.2, 0.25) is 0 Å². The van der Waals surface area contributed by atoms with Crippen LogP contribution in [0.15, 0.2) is 40.8 Å². The summed E-state index contributed by atoms with van der Waals surface area (Å²) >= 11 is 5.89. The number of carbonyl (C=O) groups is 1. The summed E-state index contributed by atoms with van der Waals surface area (Å²) in [6, 6.07) is 10.8. The van der Waals surface area contributed by atoms with E-state index in [0.717, 1.165) is 11.3 Å². The first-order valence-electron chi connectivity index (χ1n) is 6.25. The van der Waals surface area contributed by atoms with E-state index >= 15 is 0 Å². The normalized spacial score (nSPS) is 11.9. The highest BCUT2D eigenvalue weighted by molar-refractivity contribution is 6.20. The van der Waals surface area contributed by atoms with Gasteiger partial charge in [-0.05, 0) is 36.8 Å². The molecule has 0 aliphatic heterocycles. The lowest BCUT2D eigenvalue weighted by atomic mass is 10.2. The van der Waals surface area contributed by atoms with Gasteiger partial charge in [0.1, 0.15) is 11.5 Å². The fourth-order valence-corrected chi connectivity index (χ4v) is 1.82. The van der Waals surface area contributed by atoms with Crippen molar-refractivity contribution in [1.29, 1.82) is 0 Å². The number of benzene rings is 1. The van der Waals surface area contributed by atoms with Gasteiger partial charge in [0.2, 0.25) is 0 Å². The number of furan rings is 1. The molecular weight excluding hydrogens is 278 g/mol. The Morgan fingerprint density at radius 3 is 2.55 bits per heavy atom. The SMILES string of the molecule is COc1ccc(CNC(=O)c2ccc(C(C)Cl)o2)cc1. The van der Waals surface area contributed by atoms with Crippen molar-refractivity contribution < 1.29 is 13.9 Å². The number of amides is 1. The average molecular weight is 294 g/mol. The van der Waals surface area contributed by atoms with Gasteiger partial charge in [0.05, 0.1) is 12.5 Å². The van der Waals surface area contributed by atoms with Crippen LogP contribution in [-0.4, -0.2) is 13.0 Å². The molecule has 106 valence electrons. The van der Waals surface area contributed by atoms with Crippen molar-refractivity contribution in [3.8, 4) is 5.75 Å². The van der Waals surface area contributed by atoms with Crippen molar-refractivity contribution in [1.82, 2.24) is 5.32 Å². The zero-order valence-corrected chi connectivity index (χ0v) is 12.1. The van der Waals surface area contributed by atoms with E-state index < -0.39 is 0 Å². The van der Waals surface area contributed by atoms with Crippen LogP contribution in [0, 0.1) is 0 Å². The van der Waals surface area contributed by atoms with Crippen LogP contribution in [0.1, 0.15) is 34.2 Å². The van der Waals surface area contributed by atoms with Crippen LogP contribution in [-0.2, 0) is 6.54 Å². The van der Waals surface area contributed by atoms with E-state index in [-0.39, 0.29) is 17.0 Å². The fourth-order valence-electron chi connectivity index (χ4n) is 1.70. The van der Waals surface area contributed by atoms with E-state index in [4.69, 9.17) is 20.8 Å². The van der Waals surface area contributed by atoms with Crippen LogP contribution in [0.5, 0.6) is 5.75 Å². The number of methoxy groups -OCH3 is 1. The number of hydrogen-bond donors (Lipinski definition) is 1. The van der Waals surface area contributed by atoms with E-state index in [2.05, 4.69) is 5.32 Å². The third-order valence-electron chi connectivity index (χ3n) is 2.85. The summed E-state index contributed by atoms with van der Waals surface area (Å²) < 4.78 is 10.4. The van der Waals surface area contributed by atoms with Crippen molar-refractivity contribution in [3.05, 3.63) is 53.5 Å². The molecule has 0 spiro atoms. The van der Waals surface area contributed by atoms with Crippen LogP contribution in [0.4, 0.5) is 0 Å². The fraction of sp³-hybridized carbons (Fsp3) is 0.267. The summed E-state index contributed by atoms with van der Waals surface area (Å²) in [6.45, 7) is 2.22. The van der Waals surface area contributed by atoms with Crippen molar-refractivity contribution >= 4 is 17.5 Å². The van der Waals surface area contributed by atoms with E-state index in [9.17, 15) is 4.79 Å². The molecule has 1 amide bonds. The van der Waals surface area contributed by atoms with Gasteiger partial charge in [-0.2, -0.15) is 0 Å². The lowest BCUT2D eigenvalue weighted by Gasteiger charge is -2.05. The van der Waals surface area contributed by atoms with E-state index in [1.54, 1.807) is 26.2 Å². The Labute approximate surface area is 122 Å². The van der Waals surface area contributed by atoms with Crippen LogP contribution in [0.3, 0.4) is 0 Å². The monoisotopic (exact) mass is 293 g/mol. The minimum Gasteiger partial charge on any atom is -0.497 e. The Balaban J connectivity index is 1.93. The summed E-state index contributed by atoms with van der Waals surface area (Å²) in [5.74, 6) is 1.37. The van der Waals surface area contributed by atoms with Gasteiger partial charge in [0, 0.05) is 6.54 Å². The van der Waals surface area contributed by atoms with Crippen LogP contribution in [0.25, 0.3) is 0 Å². The maximum Gasteiger partial charge on any atom is 0.287 e. The van der Waals surface area contributed by atoms with E-state index in [0.29, 0.717) is 12.3 Å². The molecule has 0 aliphatic rings. The minimum absolute atomic E-state index is 0.252. The Morgan fingerprint density at radius 1 is 1.30 bits per heavy atom. The molecule has 0 radical (unpaired) electrons. The quantitative estimate of drug-likeness (QED) is 0.858. The van der Waals surface area contributed by atoms with Crippen molar-refractivity contribution in [2.24, 2.45) is 0 Å². The zero-order chi connectivity index (χ0) is 14.5. The van der Waals surface area contributed by atoms with E-state index in [1.165, 1.54) is 0 Å². The zero-order valence-electron chi connectivity index (χ0n) is 11.4. The number of ether oxygens (including phenoxy) is 1. The topological polar surface area (TPSA) is 51.5 Å². The molecule has 2 rings (SSSR count). The van der Waals surface area contributed by atoms with Gasteiger partial charge in [-0.3, -0.25) is 4.79 Å². The molecule has 0 saturated carbocycles. The summed E-state index contributed by atoms with van der Waals surface area (Å²) in [4.78, 5) is 11.9. The van der Waals surface area contributed by atoms with Gasteiger partial charge >= 0.3 is 0 Å². The smallest absolute Gasteiger partial charge is 0.287 e. The maximum atomic E-state index is 11.9. The van der Waals surface area contributed by atoms with Crippen molar-refractivity contribution in [3.63, 3.8) is 0 Å². The van der Waals surface area contributed by atoms with Crippen LogP contribution < -0.4 is 10.1 Å². The minimum atomic E-state index is -0.260. The molecular formula is C15H16ClNO3. The first-order chi connectivity index (χ1) is 9.60. The standard InChI is InChI=1S/C15H16ClNO3/c1-10(16)13-7-8-14(20-13)15(18)17-9-11-3-5-12(19-2)6-4-11/h3-8,10H,9H2,1-2H3,(H,17,18). The summed E-state index contributed by atoms with van der Waals surface area (Å²) in [5.41, 5.74) is 0.983. The number of rotatable bonds is 5. The highest BCUT2D eigenvalue weighted by Gasteiger charge is 2.13. The second kappa shape index (κ2) is 6.48. The molecule has 20 heavy (non-hydrogen) atoms. The molecule has 0 aliphatic carbocycles. The first kappa shape index (κ1) is 14.5. The average Bonchev–Trinajstić information content (AvgIpc) is 2.95. The van der Waals surface area contributed by atoms with Gasteiger partial charge < -0.3 is 14.5 Å². The number of nitrogens with one attached hydrogen (secondary N) is 1. The molecule has 4 nitrogen and oxygen atoms in total. The summed E-state index contributed by atoms with van der Waals surface area (Å²) in [5, 5.41) is 2.54. The molecule has 1 unspecified atom stereocenters.